The Morgan fingerprint density at radius 1 is 0.926 bits per heavy atom. The van der Waals surface area contributed by atoms with E-state index in [4.69, 9.17) is 14.2 Å². The third-order valence-electron chi connectivity index (χ3n) is 11.5. The van der Waals surface area contributed by atoms with Gasteiger partial charge in [-0.05, 0) is 49.3 Å². The van der Waals surface area contributed by atoms with Crippen LogP contribution in [0.4, 0.5) is 0 Å². The van der Waals surface area contributed by atoms with Gasteiger partial charge < -0.3 is 45.1 Å². The Balaban J connectivity index is 0.00000252. The zero-order chi connectivity index (χ0) is 36.4. The van der Waals surface area contributed by atoms with Gasteiger partial charge in [0.2, 0.25) is 5.91 Å². The number of benzene rings is 2. The summed E-state index contributed by atoms with van der Waals surface area (Å²) in [6, 6.07) is 16.0. The van der Waals surface area contributed by atoms with Crippen LogP contribution in [0.15, 0.2) is 71.8 Å². The molecule has 6 N–H and O–H groups in total. The predicted molar refractivity (Wildman–Crippen MR) is 174 cm³/mol. The molecule has 1 saturated heterocycles. The number of Topliss-reactive ketones (excluding diaryl/α,β-unsaturated/α-hetero) is 1. The molecule has 3 aliphatic carbocycles. The monoisotopic (exact) mass is 1620 g/mol. The van der Waals surface area contributed by atoms with Crippen LogP contribution in [0.1, 0.15) is 61.3 Å². The third kappa shape index (κ3) is 8.72. The molecule has 284 valence electrons. The molecule has 2 aromatic carbocycles. The zero-order valence-corrected chi connectivity index (χ0v) is 47.1. The second kappa shape index (κ2) is 19.5. The molecule has 13 nitrogen and oxygen atoms in total. The van der Waals surface area contributed by atoms with E-state index in [1.165, 1.54) is 38.1 Å². The second-order valence-electron chi connectivity index (χ2n) is 14.5. The number of ether oxygens (including phenoxy) is 3. The fraction of sp³-hybridized carbons (Fsp3) is 0.486. The van der Waals surface area contributed by atoms with Crippen molar-refractivity contribution in [3.8, 4) is 0 Å². The van der Waals surface area contributed by atoms with Crippen molar-refractivity contribution in [3.05, 3.63) is 89.5 Å². The summed E-state index contributed by atoms with van der Waals surface area (Å²) in [7, 11) is 0. The Bertz CT molecular complexity index is 1740. The van der Waals surface area contributed by atoms with Crippen LogP contribution >= 0.6 is 0 Å². The van der Waals surface area contributed by atoms with E-state index >= 15 is 0 Å². The summed E-state index contributed by atoms with van der Waals surface area (Å²) in [5, 5.41) is 61.5. The standard InChI is InChI=1S/C37H42NO12.2Ac.2Np/c1-19-23(49-33(45)22(39)17-38-31(43)20-11-7-5-8-12-20)16-37(47)30(50-32(44)21-13-9-6-10-14-21)28-35(4,24(40)15-25-36(28,46)18-48-25)29(42)27(41)26(19)34(37,2)3;;;;/h5-14,17,22-25,27-28,30,39-41,46-47H,15-16,18H2,1-4H3,(H,38,43);;;;/q-1;;;;/t22?,23?,24?,25?,27?,28?,30?,35-,36+,37?;;;;/m1..../s1. The number of hydrogen-bond donors (Lipinski definition) is 6. The number of ketones is 1. The molecule has 4 aliphatic rings. The van der Waals surface area contributed by atoms with Crippen molar-refractivity contribution in [3.63, 3.8) is 0 Å². The fourth-order valence-electron chi connectivity index (χ4n) is 8.48. The molecule has 6 rings (SSSR count). The summed E-state index contributed by atoms with van der Waals surface area (Å²) in [5.41, 5.74) is -7.11. The maximum atomic E-state index is 14.5. The van der Waals surface area contributed by atoms with Gasteiger partial charge in [-0.15, -0.1) is 0 Å². The van der Waals surface area contributed by atoms with Crippen molar-refractivity contribution in [2.24, 2.45) is 16.7 Å². The minimum Gasteiger partial charge on any atom is -0.499 e. The number of aliphatic hydroxyl groups is 5. The Labute approximate surface area is 430 Å². The molecule has 2 bridgehead atoms. The number of fused-ring (bicyclic) bond motifs is 5. The zero-order valence-electron chi connectivity index (χ0n) is 30.2. The molecule has 4 radical (unpaired) electrons. The van der Waals surface area contributed by atoms with E-state index in [0.717, 1.165) is 6.54 Å². The Kier molecular flexibility index (Phi) is 18.5. The van der Waals surface area contributed by atoms with Crippen LogP contribution in [-0.4, -0.2) is 104 Å². The molecular weight excluding hydrogens is 1580 g/mol. The average molecular weight is 1620 g/mol. The van der Waals surface area contributed by atoms with E-state index in [-0.39, 0.29) is 183 Å². The van der Waals surface area contributed by atoms with Gasteiger partial charge in [0.05, 0.1) is 29.8 Å². The van der Waals surface area contributed by atoms with Crippen molar-refractivity contribution in [1.82, 2.24) is 5.32 Å². The van der Waals surface area contributed by atoms with Gasteiger partial charge >= 0.3 is 11.9 Å². The van der Waals surface area contributed by atoms with E-state index in [9.17, 15) is 44.7 Å². The molecule has 2 saturated carbocycles. The summed E-state index contributed by atoms with van der Waals surface area (Å²) in [4.78, 5) is 54.0. The Morgan fingerprint density at radius 2 is 1.48 bits per heavy atom. The molecule has 10 atom stereocenters. The summed E-state index contributed by atoms with van der Waals surface area (Å²) >= 11 is 0. The van der Waals surface area contributed by atoms with Gasteiger partial charge in [0.1, 0.15) is 29.5 Å². The largest absolute Gasteiger partial charge is 0.499 e. The predicted octanol–water partition coefficient (Wildman–Crippen LogP) is 1.01. The fourth-order valence-corrected chi connectivity index (χ4v) is 8.48. The van der Waals surface area contributed by atoms with Gasteiger partial charge in [-0.3, -0.25) is 14.4 Å². The van der Waals surface area contributed by atoms with E-state index in [1.54, 1.807) is 50.2 Å². The molecule has 1 amide bonds. The van der Waals surface area contributed by atoms with Crippen LogP contribution in [0, 0.1) is 171 Å². The van der Waals surface area contributed by atoms with E-state index in [2.05, 4.69) is 5.32 Å². The van der Waals surface area contributed by atoms with Crippen LogP contribution in [0.5, 0.6) is 0 Å². The molecule has 3 fully saturated rings. The Morgan fingerprint density at radius 3 is 2.02 bits per heavy atom. The molecule has 54 heavy (non-hydrogen) atoms. The van der Waals surface area contributed by atoms with Gasteiger partial charge in [0, 0.05) is 184 Å². The average Bonchev–Trinajstić information content (AvgIpc) is 3.09. The van der Waals surface area contributed by atoms with Gasteiger partial charge in [-0.1, -0.05) is 50.2 Å². The second-order valence-corrected chi connectivity index (χ2v) is 14.5. The number of rotatable bonds is 7. The van der Waals surface area contributed by atoms with E-state index in [0.29, 0.717) is 0 Å². The maximum Gasteiger partial charge on any atom is 0.338 e. The number of carbonyl (C=O) groups excluding carboxylic acids is 4. The van der Waals surface area contributed by atoms with Crippen molar-refractivity contribution in [2.75, 3.05) is 6.61 Å². The first-order valence-corrected chi connectivity index (χ1v) is 16.5. The Hall–Kier alpha value is 0.929. The minimum atomic E-state index is -2.27. The number of esters is 2. The molecule has 2 aromatic rings. The van der Waals surface area contributed by atoms with Crippen LogP contribution in [0.2, 0.25) is 0 Å². The van der Waals surface area contributed by atoms with Crippen LogP contribution in [0.25, 0.3) is 0 Å². The quantitative estimate of drug-likeness (QED) is 0.131. The van der Waals surface area contributed by atoms with Crippen molar-refractivity contribution >= 4 is 23.6 Å². The molecule has 8 unspecified atom stereocenters. The molecule has 1 heterocycles. The third-order valence-corrected chi connectivity index (χ3v) is 11.5. The maximum absolute atomic E-state index is 14.5. The number of hydrogen-bond acceptors (Lipinski definition) is 12. The van der Waals surface area contributed by atoms with Gasteiger partial charge in [0.15, 0.2) is 5.78 Å². The molecule has 1 aliphatic heterocycles. The van der Waals surface area contributed by atoms with Crippen molar-refractivity contribution in [1.29, 1.82) is 0 Å². The van der Waals surface area contributed by atoms with Gasteiger partial charge in [-0.25, -0.2) is 11.3 Å². The van der Waals surface area contributed by atoms with Crippen LogP contribution in [0.3, 0.4) is 0 Å². The summed E-state index contributed by atoms with van der Waals surface area (Å²) in [6.45, 7) is 6.51. The molecule has 17 heteroatoms. The molecule has 0 spiro atoms. The SMILES string of the molecule is CC1=C2C(O)C(=O)[C@]3(C)C(O)CC4OC[C@@]4(O)C3C(OC(=O)c3ccccc3)C(O)(CC1OC(=O)C(O)[CH-]NC(=O)c1ccccc1)C2(C)C.[Ac].[Ac].[Np].[Np]. The topological polar surface area (TPSA) is 209 Å². The summed E-state index contributed by atoms with van der Waals surface area (Å²) in [5.74, 6) is -5.09. The number of nitrogens with one attached hydrogen (secondary N) is 1. The minimum absolute atomic E-state index is 0. The van der Waals surface area contributed by atoms with Gasteiger partial charge in [0.25, 0.3) is 0 Å². The van der Waals surface area contributed by atoms with Crippen LogP contribution in [-0.2, 0) is 23.8 Å². The number of amides is 1. The summed E-state index contributed by atoms with van der Waals surface area (Å²) in [6.07, 6.45) is -10.1. The summed E-state index contributed by atoms with van der Waals surface area (Å²) < 4.78 is 17.4. The smallest absolute Gasteiger partial charge is 0.338 e. The first-order valence-electron chi connectivity index (χ1n) is 16.5. The van der Waals surface area contributed by atoms with Gasteiger partial charge in [-0.2, -0.15) is 0 Å². The van der Waals surface area contributed by atoms with E-state index in [1.807, 2.05) is 0 Å². The van der Waals surface area contributed by atoms with Crippen molar-refractivity contribution < 1.29 is 207 Å². The number of aliphatic hydroxyl groups excluding tert-OH is 3. The first kappa shape index (κ1) is 51.1. The van der Waals surface area contributed by atoms with Crippen LogP contribution < -0.4 is 5.32 Å². The van der Waals surface area contributed by atoms with E-state index < -0.39 is 94.6 Å². The first-order chi connectivity index (χ1) is 23.5. The molecule has 0 aromatic heterocycles. The van der Waals surface area contributed by atoms with Crippen molar-refractivity contribution in [2.45, 2.75) is 88.4 Å². The molecular formula is C37H42Ac2NNp2O12-. The normalized spacial score (nSPS) is 33.7. The number of carbonyl (C=O) groups is 4.